The second-order valence-corrected chi connectivity index (χ2v) is 6.14. The minimum atomic E-state index is -0.816. The number of aryl methyl sites for hydroxylation is 1. The highest BCUT2D eigenvalue weighted by Crippen LogP contribution is 2.25. The fraction of sp³-hybridized carbons (Fsp3) is 0.188. The van der Waals surface area contributed by atoms with Gasteiger partial charge in [0.25, 0.3) is 5.91 Å². The first-order chi connectivity index (χ1) is 12.8. The molecule has 0 spiro atoms. The summed E-state index contributed by atoms with van der Waals surface area (Å²) in [6, 6.07) is 6.19. The van der Waals surface area contributed by atoms with Crippen molar-refractivity contribution in [2.75, 3.05) is 5.32 Å². The summed E-state index contributed by atoms with van der Waals surface area (Å²) in [5.41, 5.74) is -0.108. The zero-order chi connectivity index (χ0) is 19.7. The average molecular weight is 393 g/mol. The molecule has 3 rings (SSSR count). The second-order valence-electron chi connectivity index (χ2n) is 5.73. The molecule has 0 aliphatic carbocycles. The largest absolute Gasteiger partial charge is 0.322 e. The second kappa shape index (κ2) is 7.16. The van der Waals surface area contributed by atoms with E-state index in [1.165, 1.54) is 35.6 Å². The number of nitrogens with zero attached hydrogens (tertiary/aromatic N) is 5. The summed E-state index contributed by atoms with van der Waals surface area (Å²) in [7, 11) is 1.50. The van der Waals surface area contributed by atoms with Gasteiger partial charge in [-0.15, -0.1) is 0 Å². The number of carbonyl (C=O) groups is 1. The average Bonchev–Trinajstić information content (AvgIpc) is 3.10. The smallest absolute Gasteiger partial charge is 0.302 e. The highest BCUT2D eigenvalue weighted by Gasteiger charge is 2.29. The Bertz CT molecular complexity index is 1040. The topological polar surface area (TPSA) is 108 Å². The van der Waals surface area contributed by atoms with Gasteiger partial charge in [0.2, 0.25) is 5.69 Å². The number of hydrogen-bond acceptors (Lipinski definition) is 5. The summed E-state index contributed by atoms with van der Waals surface area (Å²) >= 11 is 6.07. The minimum absolute atomic E-state index is 0.00406. The lowest BCUT2D eigenvalue weighted by atomic mass is 10.2. The van der Waals surface area contributed by atoms with Gasteiger partial charge in [0.15, 0.2) is 5.82 Å². The van der Waals surface area contributed by atoms with Gasteiger partial charge in [-0.1, -0.05) is 29.8 Å². The van der Waals surface area contributed by atoms with Crippen molar-refractivity contribution < 1.29 is 14.1 Å². The Morgan fingerprint density at radius 2 is 2.07 bits per heavy atom. The number of halogens is 2. The Balaban J connectivity index is 1.84. The van der Waals surface area contributed by atoms with Crippen LogP contribution in [0.3, 0.4) is 0 Å². The van der Waals surface area contributed by atoms with Gasteiger partial charge in [-0.2, -0.15) is 10.2 Å². The molecule has 0 bridgehead atoms. The Hall–Kier alpha value is -3.27. The van der Waals surface area contributed by atoms with Crippen LogP contribution < -0.4 is 5.32 Å². The van der Waals surface area contributed by atoms with Crippen LogP contribution in [0.5, 0.6) is 0 Å². The van der Waals surface area contributed by atoms with Crippen molar-refractivity contribution in [3.8, 4) is 0 Å². The number of hydrogen-bond donors (Lipinski definition) is 1. The van der Waals surface area contributed by atoms with Crippen molar-refractivity contribution in [2.45, 2.75) is 13.5 Å². The Morgan fingerprint density at radius 3 is 2.74 bits per heavy atom. The van der Waals surface area contributed by atoms with E-state index in [0.717, 1.165) is 0 Å². The van der Waals surface area contributed by atoms with E-state index in [1.807, 2.05) is 0 Å². The van der Waals surface area contributed by atoms with Crippen molar-refractivity contribution in [2.24, 2.45) is 7.05 Å². The summed E-state index contributed by atoms with van der Waals surface area (Å²) in [6.07, 6.45) is 1.42. The molecule has 1 aromatic carbocycles. The number of aromatic nitrogens is 4. The number of nitrogens with one attached hydrogen (secondary N) is 1. The monoisotopic (exact) mass is 392 g/mol. The van der Waals surface area contributed by atoms with E-state index in [4.69, 9.17) is 11.6 Å². The number of amides is 1. The molecule has 2 aromatic heterocycles. The number of nitro groups is 1. The predicted molar refractivity (Wildman–Crippen MR) is 95.3 cm³/mol. The van der Waals surface area contributed by atoms with Gasteiger partial charge in [0.1, 0.15) is 16.5 Å². The van der Waals surface area contributed by atoms with Gasteiger partial charge in [-0.25, -0.2) is 4.39 Å². The lowest BCUT2D eigenvalue weighted by molar-refractivity contribution is -0.385. The lowest BCUT2D eigenvalue weighted by Gasteiger charge is -2.03. The van der Waals surface area contributed by atoms with Crippen LogP contribution in [0.15, 0.2) is 30.5 Å². The highest BCUT2D eigenvalue weighted by molar-refractivity contribution is 6.33. The Morgan fingerprint density at radius 1 is 1.37 bits per heavy atom. The maximum absolute atomic E-state index is 13.8. The van der Waals surface area contributed by atoms with Gasteiger partial charge < -0.3 is 5.32 Å². The van der Waals surface area contributed by atoms with Crippen LogP contribution in [0.1, 0.15) is 21.7 Å². The van der Waals surface area contributed by atoms with Crippen LogP contribution in [0, 0.1) is 22.9 Å². The maximum atomic E-state index is 13.8. The van der Waals surface area contributed by atoms with Gasteiger partial charge in [0.05, 0.1) is 11.5 Å². The van der Waals surface area contributed by atoms with Crippen LogP contribution in [-0.4, -0.2) is 30.4 Å². The number of rotatable bonds is 5. The first-order valence-corrected chi connectivity index (χ1v) is 8.11. The molecule has 0 saturated heterocycles. The van der Waals surface area contributed by atoms with Crippen molar-refractivity contribution >= 4 is 29.0 Å². The zero-order valence-electron chi connectivity index (χ0n) is 14.3. The first-order valence-electron chi connectivity index (χ1n) is 7.73. The summed E-state index contributed by atoms with van der Waals surface area (Å²) in [4.78, 5) is 23.0. The lowest BCUT2D eigenvalue weighted by Crippen LogP contribution is -2.15. The molecular weight excluding hydrogens is 379 g/mol. The van der Waals surface area contributed by atoms with E-state index in [0.29, 0.717) is 5.56 Å². The van der Waals surface area contributed by atoms with Crippen molar-refractivity contribution in [1.82, 2.24) is 19.6 Å². The summed E-state index contributed by atoms with van der Waals surface area (Å²) in [6.45, 7) is 1.59. The Labute approximate surface area is 157 Å². The summed E-state index contributed by atoms with van der Waals surface area (Å²) in [5, 5.41) is 21.7. The van der Waals surface area contributed by atoms with E-state index in [-0.39, 0.29) is 28.8 Å². The molecule has 140 valence electrons. The molecule has 0 saturated carbocycles. The molecule has 2 heterocycles. The molecule has 0 aliphatic rings. The molecule has 0 atom stereocenters. The first kappa shape index (κ1) is 18.5. The van der Waals surface area contributed by atoms with Crippen LogP contribution >= 0.6 is 11.6 Å². The van der Waals surface area contributed by atoms with Crippen LogP contribution in [0.25, 0.3) is 0 Å². The molecule has 11 heteroatoms. The van der Waals surface area contributed by atoms with Crippen molar-refractivity contribution in [1.29, 1.82) is 0 Å². The molecule has 1 N–H and O–H groups in total. The van der Waals surface area contributed by atoms with E-state index in [1.54, 1.807) is 18.2 Å². The van der Waals surface area contributed by atoms with E-state index < -0.39 is 22.3 Å². The van der Waals surface area contributed by atoms with Gasteiger partial charge >= 0.3 is 5.69 Å². The Kier molecular flexibility index (Phi) is 4.91. The minimum Gasteiger partial charge on any atom is -0.302 e. The maximum Gasteiger partial charge on any atom is 0.322 e. The third kappa shape index (κ3) is 3.65. The molecule has 1 amide bonds. The number of carbonyl (C=O) groups excluding carboxylic acids is 1. The third-order valence-corrected chi connectivity index (χ3v) is 4.22. The molecule has 0 fully saturated rings. The van der Waals surface area contributed by atoms with E-state index in [2.05, 4.69) is 15.5 Å². The van der Waals surface area contributed by atoms with Gasteiger partial charge in [-0.05, 0) is 13.0 Å². The van der Waals surface area contributed by atoms with Gasteiger partial charge in [-0.3, -0.25) is 24.3 Å². The molecule has 0 unspecified atom stereocenters. The van der Waals surface area contributed by atoms with Crippen LogP contribution in [-0.2, 0) is 13.6 Å². The molecule has 0 aliphatic heterocycles. The molecule has 3 aromatic rings. The van der Waals surface area contributed by atoms with Gasteiger partial charge in [0, 0.05) is 18.8 Å². The zero-order valence-corrected chi connectivity index (χ0v) is 15.1. The van der Waals surface area contributed by atoms with E-state index in [9.17, 15) is 19.3 Å². The number of benzene rings is 1. The number of anilines is 1. The summed E-state index contributed by atoms with van der Waals surface area (Å²) < 4.78 is 16.4. The molecule has 0 radical (unpaired) electrons. The van der Waals surface area contributed by atoms with Crippen LogP contribution in [0.4, 0.5) is 15.9 Å². The molecule has 9 nitrogen and oxygen atoms in total. The highest BCUT2D eigenvalue weighted by atomic mass is 35.5. The predicted octanol–water partition coefficient (Wildman–Crippen LogP) is 2.93. The fourth-order valence-corrected chi connectivity index (χ4v) is 2.70. The van der Waals surface area contributed by atoms with Crippen LogP contribution in [0.2, 0.25) is 5.02 Å². The SMILES string of the molecule is Cc1c([N+](=O)[O-])c(C(=O)Nc2nn(Cc3ccccc3F)cc2Cl)nn1C. The van der Waals surface area contributed by atoms with Crippen molar-refractivity contribution in [3.63, 3.8) is 0 Å². The third-order valence-electron chi connectivity index (χ3n) is 3.94. The standard InChI is InChI=1S/C16H14ClFN6O3/c1-9-14(24(26)27)13(20-22(9)2)16(25)19-15-11(17)8-23(21-15)7-10-5-3-4-6-12(10)18/h3-6,8H,7H2,1-2H3,(H,19,21,25). The normalized spacial score (nSPS) is 10.8. The molecular formula is C16H14ClFN6O3. The molecule has 27 heavy (non-hydrogen) atoms. The summed E-state index contributed by atoms with van der Waals surface area (Å²) in [5.74, 6) is -1.21. The van der Waals surface area contributed by atoms with Crippen molar-refractivity contribution in [3.05, 3.63) is 68.4 Å². The van der Waals surface area contributed by atoms with E-state index >= 15 is 0 Å². The quantitative estimate of drug-likeness (QED) is 0.530. The fourth-order valence-electron chi connectivity index (χ4n) is 2.50.